The summed E-state index contributed by atoms with van der Waals surface area (Å²) in [6, 6.07) is 0. The molecule has 0 aromatic heterocycles. The third-order valence-electron chi connectivity index (χ3n) is 4.96. The second-order valence-electron chi connectivity index (χ2n) is 7.56. The molecule has 3 nitrogen and oxygen atoms in total. The minimum Gasteiger partial charge on any atom is -0.392 e. The Kier molecular flexibility index (Phi) is 8.35. The summed E-state index contributed by atoms with van der Waals surface area (Å²) in [6.45, 7) is -0.629. The molecule has 2 N–H and O–H groups in total. The quantitative estimate of drug-likeness (QED) is 0.381. The third kappa shape index (κ3) is 4.97. The van der Waals surface area contributed by atoms with Gasteiger partial charge < -0.3 is 10.4 Å². The van der Waals surface area contributed by atoms with E-state index < -0.39 is 66.7 Å². The van der Waals surface area contributed by atoms with Gasteiger partial charge in [-0.25, -0.2) is 0 Å². The van der Waals surface area contributed by atoms with Gasteiger partial charge in [-0.05, 0) is 0 Å². The molecule has 0 bridgehead atoms. The first-order chi connectivity index (χ1) is 15.2. The summed E-state index contributed by atoms with van der Waals surface area (Å²) in [5, 5.41) is 12.2. The lowest BCUT2D eigenvalue weighted by atomic mass is 9.87. The maximum Gasteiger partial charge on any atom is 0.460 e. The molecule has 0 saturated carbocycles. The lowest BCUT2D eigenvalue weighted by molar-refractivity contribution is -0.462. The summed E-state index contributed by atoms with van der Waals surface area (Å²) in [5.74, 6) is -56.6. The molecule has 1 aliphatic heterocycles. The lowest BCUT2D eigenvalue weighted by Crippen LogP contribution is -2.74. The van der Waals surface area contributed by atoms with Crippen molar-refractivity contribution >= 4 is 0 Å². The molecule has 0 spiro atoms. The Balaban J connectivity index is 3.35. The highest BCUT2D eigenvalue weighted by Gasteiger charge is 2.95. The number of hydrogen-bond acceptors (Lipinski definition) is 3. The van der Waals surface area contributed by atoms with E-state index in [4.69, 9.17) is 0 Å². The molecule has 0 aromatic rings. The van der Waals surface area contributed by atoms with Crippen molar-refractivity contribution < 1.29 is 79.7 Å². The summed E-state index contributed by atoms with van der Waals surface area (Å²) in [5.41, 5.74) is 0. The van der Waals surface area contributed by atoms with E-state index in [9.17, 15) is 79.7 Å². The Morgan fingerprint density at radius 3 is 1.29 bits per heavy atom. The van der Waals surface area contributed by atoms with Crippen LogP contribution in [0.3, 0.4) is 0 Å². The van der Waals surface area contributed by atoms with Crippen LogP contribution in [0.2, 0.25) is 0 Å². The van der Waals surface area contributed by atoms with Crippen LogP contribution < -0.4 is 5.32 Å². The van der Waals surface area contributed by atoms with E-state index in [1.165, 1.54) is 0 Å². The number of halogens is 17. The number of aliphatic hydroxyl groups excluding tert-OH is 1. The van der Waals surface area contributed by atoms with E-state index in [-0.39, 0.29) is 26.2 Å². The van der Waals surface area contributed by atoms with Crippen molar-refractivity contribution in [3.05, 3.63) is 0 Å². The predicted octanol–water partition coefficient (Wildman–Crippen LogP) is 4.65. The summed E-state index contributed by atoms with van der Waals surface area (Å²) in [6.07, 6.45) is -13.3. The number of hydrogen-bond donors (Lipinski definition) is 2. The van der Waals surface area contributed by atoms with Crippen molar-refractivity contribution in [3.8, 4) is 0 Å². The Hall–Kier alpha value is -1.31. The van der Waals surface area contributed by atoms with Crippen LogP contribution in [-0.4, -0.2) is 96.5 Å². The zero-order valence-corrected chi connectivity index (χ0v) is 16.6. The summed E-state index contributed by atoms with van der Waals surface area (Å²) < 4.78 is 224. The van der Waals surface area contributed by atoms with Crippen molar-refractivity contribution in [1.82, 2.24) is 10.2 Å². The highest BCUT2D eigenvalue weighted by molar-refractivity contribution is 5.15. The van der Waals surface area contributed by atoms with Crippen LogP contribution in [-0.2, 0) is 0 Å². The highest BCUT2D eigenvalue weighted by Crippen LogP contribution is 2.64. The normalized spacial score (nSPS) is 19.7. The van der Waals surface area contributed by atoms with Crippen LogP contribution in [0.5, 0.6) is 0 Å². The molecule has 35 heavy (non-hydrogen) atoms. The molecule has 0 aromatic carbocycles. The van der Waals surface area contributed by atoms with E-state index in [0.717, 1.165) is 4.90 Å². The zero-order valence-electron chi connectivity index (χ0n) is 16.6. The molecule has 1 unspecified atom stereocenters. The van der Waals surface area contributed by atoms with E-state index in [0.29, 0.717) is 0 Å². The molecule has 1 heterocycles. The van der Waals surface area contributed by atoms with E-state index in [1.54, 1.807) is 0 Å². The molecule has 1 atom stereocenters. The fourth-order valence-electron chi connectivity index (χ4n) is 2.88. The lowest BCUT2D eigenvalue weighted by Gasteiger charge is -2.43. The average molecular weight is 562 g/mol. The molecule has 210 valence electrons. The Bertz CT molecular complexity index is 729. The maximum atomic E-state index is 13.8. The average Bonchev–Trinajstić information content (AvgIpc) is 2.66. The summed E-state index contributed by atoms with van der Waals surface area (Å²) in [7, 11) is 0. The number of rotatable bonds is 10. The van der Waals surface area contributed by atoms with Gasteiger partial charge in [-0.1, -0.05) is 0 Å². The number of piperazine rings is 1. The topological polar surface area (TPSA) is 35.5 Å². The van der Waals surface area contributed by atoms with Gasteiger partial charge in [0.2, 0.25) is 0 Å². The SMILES string of the molecule is OC(CN1CCNCC1)CC(F)(F)C(F)(F)C(F)(F)C(F)(F)C(F)(F)C(F)(F)C(F)(F)C(F)(F)F. The predicted molar refractivity (Wildman–Crippen MR) is 80.6 cm³/mol. The van der Waals surface area contributed by atoms with Crippen LogP contribution in [0.4, 0.5) is 74.6 Å². The molecule has 0 aliphatic carbocycles. The monoisotopic (exact) mass is 562 g/mol. The maximum absolute atomic E-state index is 13.8. The number of aliphatic hydroxyl groups is 1. The van der Waals surface area contributed by atoms with Gasteiger partial charge in [0.05, 0.1) is 6.10 Å². The number of nitrogens with zero attached hydrogens (tertiary/aromatic N) is 1. The number of β-amino-alcohol motifs (C(OH)–C–C–N with tert-alkyl or cyclic N) is 1. The molecule has 0 amide bonds. The van der Waals surface area contributed by atoms with Crippen LogP contribution in [0.1, 0.15) is 6.42 Å². The molecular formula is C15H15F17N2O. The van der Waals surface area contributed by atoms with Crippen molar-refractivity contribution in [2.45, 2.75) is 60.2 Å². The second kappa shape index (κ2) is 9.21. The van der Waals surface area contributed by atoms with Gasteiger partial charge >= 0.3 is 47.6 Å². The van der Waals surface area contributed by atoms with Crippen LogP contribution >= 0.6 is 0 Å². The Morgan fingerprint density at radius 2 is 0.914 bits per heavy atom. The molecule has 1 fully saturated rings. The molecule has 20 heteroatoms. The fraction of sp³-hybridized carbons (Fsp3) is 1.00. The van der Waals surface area contributed by atoms with Crippen molar-refractivity contribution in [3.63, 3.8) is 0 Å². The van der Waals surface area contributed by atoms with E-state index in [2.05, 4.69) is 5.32 Å². The first-order valence-corrected chi connectivity index (χ1v) is 9.05. The standard InChI is InChI=1S/C15H15F17N2O/c16-8(17,5-7(35)6-34-3-1-33-2-4-34)9(18,19)10(20,21)11(22,23)12(24,25)13(26,27)14(28,29)15(30,31)32/h7,33,35H,1-6H2. The van der Waals surface area contributed by atoms with Gasteiger partial charge in [-0.2, -0.15) is 74.6 Å². The molecular weight excluding hydrogens is 547 g/mol. The minimum atomic E-state index is -8.65. The first kappa shape index (κ1) is 31.7. The van der Waals surface area contributed by atoms with Crippen molar-refractivity contribution in [1.29, 1.82) is 0 Å². The Labute approximate surface area is 184 Å². The van der Waals surface area contributed by atoms with Crippen LogP contribution in [0.15, 0.2) is 0 Å². The molecule has 0 radical (unpaired) electrons. The van der Waals surface area contributed by atoms with Crippen LogP contribution in [0.25, 0.3) is 0 Å². The fourth-order valence-corrected chi connectivity index (χ4v) is 2.88. The van der Waals surface area contributed by atoms with Crippen LogP contribution in [0, 0.1) is 0 Å². The van der Waals surface area contributed by atoms with Gasteiger partial charge in [0.25, 0.3) is 0 Å². The van der Waals surface area contributed by atoms with Gasteiger partial charge in [0.15, 0.2) is 0 Å². The summed E-state index contributed by atoms with van der Waals surface area (Å²) in [4.78, 5) is 1.09. The van der Waals surface area contributed by atoms with E-state index in [1.807, 2.05) is 0 Å². The molecule has 1 rings (SSSR count). The zero-order chi connectivity index (χ0) is 28.1. The summed E-state index contributed by atoms with van der Waals surface area (Å²) >= 11 is 0. The smallest absolute Gasteiger partial charge is 0.392 e. The van der Waals surface area contributed by atoms with Gasteiger partial charge in [-0.15, -0.1) is 0 Å². The third-order valence-corrected chi connectivity index (χ3v) is 4.96. The van der Waals surface area contributed by atoms with E-state index >= 15 is 0 Å². The molecule has 1 aliphatic rings. The van der Waals surface area contributed by atoms with Crippen molar-refractivity contribution in [2.24, 2.45) is 0 Å². The second-order valence-corrected chi connectivity index (χ2v) is 7.56. The van der Waals surface area contributed by atoms with Crippen molar-refractivity contribution in [2.75, 3.05) is 32.7 Å². The molecule has 1 saturated heterocycles. The first-order valence-electron chi connectivity index (χ1n) is 9.05. The van der Waals surface area contributed by atoms with Gasteiger partial charge in [0.1, 0.15) is 0 Å². The largest absolute Gasteiger partial charge is 0.460 e. The number of nitrogens with one attached hydrogen (secondary N) is 1. The van der Waals surface area contributed by atoms with Gasteiger partial charge in [0, 0.05) is 39.1 Å². The minimum absolute atomic E-state index is 0.0119. The highest BCUT2D eigenvalue weighted by atomic mass is 19.4. The number of alkyl halides is 17. The Morgan fingerprint density at radius 1 is 0.571 bits per heavy atom. The van der Waals surface area contributed by atoms with Gasteiger partial charge in [-0.3, -0.25) is 4.90 Å².